The number of ether oxygens (including phenoxy) is 1. The third kappa shape index (κ3) is 5.35. The van der Waals surface area contributed by atoms with Gasteiger partial charge in [0.05, 0.1) is 6.04 Å². The van der Waals surface area contributed by atoms with Crippen LogP contribution in [0.15, 0.2) is 78.9 Å². The largest absolute Gasteiger partial charge is 0.422 e. The summed E-state index contributed by atoms with van der Waals surface area (Å²) in [6.45, 7) is 1.45. The molecule has 3 amide bonds. The van der Waals surface area contributed by atoms with Crippen LogP contribution >= 0.6 is 11.6 Å². The van der Waals surface area contributed by atoms with Crippen LogP contribution in [-0.2, 0) is 20.7 Å². The van der Waals surface area contributed by atoms with Crippen molar-refractivity contribution in [3.63, 3.8) is 0 Å². The number of amides is 3. The standard InChI is InChI=1S/C27H21ClF4N2O4/c1-16(18-10-12-21(29)13-11-18)34-24(36)26(38-25(34)37,15-17-6-3-2-4-7-17)23(35)33-22(27(30,31)32)19-8-5-9-20(28)14-19/h2-14,16,22H,15H2,1H3,(H,33,35)/t16-,22?,26-/m1/s1. The number of imide groups is 1. The van der Waals surface area contributed by atoms with Crippen molar-refractivity contribution < 1.29 is 36.7 Å². The van der Waals surface area contributed by atoms with E-state index in [0.29, 0.717) is 16.0 Å². The van der Waals surface area contributed by atoms with Crippen LogP contribution in [0.5, 0.6) is 0 Å². The van der Waals surface area contributed by atoms with Crippen molar-refractivity contribution in [2.24, 2.45) is 0 Å². The van der Waals surface area contributed by atoms with E-state index >= 15 is 0 Å². The number of halogens is 5. The Balaban J connectivity index is 1.74. The summed E-state index contributed by atoms with van der Waals surface area (Å²) >= 11 is 5.87. The van der Waals surface area contributed by atoms with Gasteiger partial charge in [0.25, 0.3) is 17.4 Å². The average Bonchev–Trinajstić information content (AvgIpc) is 3.12. The highest BCUT2D eigenvalue weighted by atomic mass is 35.5. The molecule has 0 radical (unpaired) electrons. The van der Waals surface area contributed by atoms with E-state index in [9.17, 15) is 31.9 Å². The fourth-order valence-corrected chi connectivity index (χ4v) is 4.45. The summed E-state index contributed by atoms with van der Waals surface area (Å²) in [7, 11) is 0. The van der Waals surface area contributed by atoms with Gasteiger partial charge in [0.1, 0.15) is 5.82 Å². The number of nitrogens with zero attached hydrogens (tertiary/aromatic N) is 1. The molecule has 3 aromatic carbocycles. The minimum absolute atomic E-state index is 0.00710. The number of benzene rings is 3. The third-order valence-corrected chi connectivity index (χ3v) is 6.44. The molecule has 0 bridgehead atoms. The van der Waals surface area contributed by atoms with E-state index in [0.717, 1.165) is 24.3 Å². The van der Waals surface area contributed by atoms with Crippen LogP contribution in [0.4, 0.5) is 22.4 Å². The van der Waals surface area contributed by atoms with Crippen molar-refractivity contribution >= 4 is 29.5 Å². The number of hydrogen-bond acceptors (Lipinski definition) is 4. The molecule has 1 aliphatic heterocycles. The fourth-order valence-electron chi connectivity index (χ4n) is 4.25. The summed E-state index contributed by atoms with van der Waals surface area (Å²) in [4.78, 5) is 40.9. The molecule has 38 heavy (non-hydrogen) atoms. The Morgan fingerprint density at radius 1 is 1.00 bits per heavy atom. The van der Waals surface area contributed by atoms with E-state index in [4.69, 9.17) is 16.3 Å². The summed E-state index contributed by atoms with van der Waals surface area (Å²) in [5.41, 5.74) is -2.29. The second kappa shape index (κ2) is 10.4. The van der Waals surface area contributed by atoms with Gasteiger partial charge in [-0.3, -0.25) is 9.59 Å². The first kappa shape index (κ1) is 27.1. The number of nitrogens with one attached hydrogen (secondary N) is 1. The molecule has 0 spiro atoms. The minimum atomic E-state index is -4.97. The second-order valence-corrected chi connectivity index (χ2v) is 9.20. The van der Waals surface area contributed by atoms with Gasteiger partial charge >= 0.3 is 12.3 Å². The summed E-state index contributed by atoms with van der Waals surface area (Å²) in [5, 5.41) is 1.87. The van der Waals surface area contributed by atoms with Crippen LogP contribution in [0.1, 0.15) is 35.7 Å². The Labute approximate surface area is 220 Å². The molecule has 1 heterocycles. The lowest BCUT2D eigenvalue weighted by molar-refractivity contribution is -0.170. The van der Waals surface area contributed by atoms with E-state index in [1.54, 1.807) is 30.3 Å². The van der Waals surface area contributed by atoms with Gasteiger partial charge in [-0.25, -0.2) is 14.1 Å². The zero-order valence-electron chi connectivity index (χ0n) is 19.8. The molecule has 0 saturated carbocycles. The molecule has 4 rings (SSSR count). The zero-order valence-corrected chi connectivity index (χ0v) is 20.6. The molecule has 11 heteroatoms. The van der Waals surface area contributed by atoms with Crippen LogP contribution in [-0.4, -0.2) is 34.6 Å². The summed E-state index contributed by atoms with van der Waals surface area (Å²) < 4.78 is 61.0. The van der Waals surface area contributed by atoms with Crippen LogP contribution < -0.4 is 5.32 Å². The maximum Gasteiger partial charge on any atom is 0.418 e. The lowest BCUT2D eigenvalue weighted by atomic mass is 9.91. The highest BCUT2D eigenvalue weighted by molar-refractivity contribution is 6.30. The van der Waals surface area contributed by atoms with Gasteiger partial charge in [0.2, 0.25) is 0 Å². The summed E-state index contributed by atoms with van der Waals surface area (Å²) in [5.74, 6) is -3.14. The maximum absolute atomic E-state index is 14.1. The SMILES string of the molecule is C[C@H](c1ccc(F)cc1)N1C(=O)O[C@](Cc2ccccc2)(C(=O)NC(c2cccc(Cl)c2)C(F)(F)F)C1=O. The molecule has 1 unspecified atom stereocenters. The van der Waals surface area contributed by atoms with Gasteiger partial charge in [-0.1, -0.05) is 66.2 Å². The molecule has 1 aliphatic rings. The zero-order chi connectivity index (χ0) is 27.7. The van der Waals surface area contributed by atoms with Crippen molar-refractivity contribution in [2.45, 2.75) is 37.2 Å². The fraction of sp³-hybridized carbons (Fsp3) is 0.222. The third-order valence-electron chi connectivity index (χ3n) is 6.21. The Kier molecular flexibility index (Phi) is 7.46. The second-order valence-electron chi connectivity index (χ2n) is 8.76. The van der Waals surface area contributed by atoms with Crippen molar-refractivity contribution in [3.05, 3.63) is 106 Å². The predicted molar refractivity (Wildman–Crippen MR) is 129 cm³/mol. The van der Waals surface area contributed by atoms with Gasteiger partial charge < -0.3 is 10.1 Å². The lowest BCUT2D eigenvalue weighted by Gasteiger charge is -2.29. The number of rotatable bonds is 7. The Hall–Kier alpha value is -3.92. The average molecular weight is 549 g/mol. The van der Waals surface area contributed by atoms with E-state index < -0.39 is 54.0 Å². The maximum atomic E-state index is 14.1. The smallest absolute Gasteiger partial charge is 0.418 e. The van der Waals surface area contributed by atoms with Crippen molar-refractivity contribution in [1.82, 2.24) is 10.2 Å². The molecule has 3 atom stereocenters. The van der Waals surface area contributed by atoms with Gasteiger partial charge in [0.15, 0.2) is 6.04 Å². The predicted octanol–water partition coefficient (Wildman–Crippen LogP) is 5.92. The topological polar surface area (TPSA) is 75.7 Å². The van der Waals surface area contributed by atoms with E-state index in [1.807, 2.05) is 5.32 Å². The van der Waals surface area contributed by atoms with Crippen LogP contribution in [0.2, 0.25) is 5.02 Å². The molecule has 1 saturated heterocycles. The van der Waals surface area contributed by atoms with E-state index in [2.05, 4.69) is 0 Å². The molecule has 1 N–H and O–H groups in total. The van der Waals surface area contributed by atoms with Crippen molar-refractivity contribution in [3.8, 4) is 0 Å². The molecule has 3 aromatic rings. The first-order valence-corrected chi connectivity index (χ1v) is 11.8. The molecular weight excluding hydrogens is 528 g/mol. The first-order chi connectivity index (χ1) is 17.9. The number of carbonyl (C=O) groups is 3. The van der Waals surface area contributed by atoms with Crippen LogP contribution in [0, 0.1) is 5.82 Å². The van der Waals surface area contributed by atoms with Crippen molar-refractivity contribution in [1.29, 1.82) is 0 Å². The van der Waals surface area contributed by atoms with Gasteiger partial charge in [-0.05, 0) is 47.9 Å². The first-order valence-electron chi connectivity index (χ1n) is 11.4. The lowest BCUT2D eigenvalue weighted by Crippen LogP contribution is -2.57. The van der Waals surface area contributed by atoms with E-state index in [-0.39, 0.29) is 10.6 Å². The molecular formula is C27H21ClF4N2O4. The highest BCUT2D eigenvalue weighted by Crippen LogP contribution is 2.38. The number of carbonyl (C=O) groups excluding carboxylic acids is 3. The molecule has 1 fully saturated rings. The Morgan fingerprint density at radius 2 is 1.66 bits per heavy atom. The summed E-state index contributed by atoms with van der Waals surface area (Å²) in [6.07, 6.45) is -6.71. The molecule has 0 aliphatic carbocycles. The van der Waals surface area contributed by atoms with Gasteiger partial charge in [0, 0.05) is 11.4 Å². The van der Waals surface area contributed by atoms with Gasteiger partial charge in [-0.15, -0.1) is 0 Å². The minimum Gasteiger partial charge on any atom is -0.422 e. The van der Waals surface area contributed by atoms with Crippen molar-refractivity contribution in [2.75, 3.05) is 0 Å². The van der Waals surface area contributed by atoms with Crippen LogP contribution in [0.3, 0.4) is 0 Å². The van der Waals surface area contributed by atoms with Crippen LogP contribution in [0.25, 0.3) is 0 Å². The van der Waals surface area contributed by atoms with Gasteiger partial charge in [-0.2, -0.15) is 13.2 Å². The molecule has 6 nitrogen and oxygen atoms in total. The highest BCUT2D eigenvalue weighted by Gasteiger charge is 2.61. The monoisotopic (exact) mass is 548 g/mol. The number of cyclic esters (lactones) is 1. The molecule has 198 valence electrons. The number of alkyl halides is 3. The summed E-state index contributed by atoms with van der Waals surface area (Å²) in [6, 6.07) is 14.2. The molecule has 0 aromatic heterocycles. The quantitative estimate of drug-likeness (QED) is 0.294. The number of hydrogen-bond donors (Lipinski definition) is 1. The normalized spacial score (nSPS) is 19.2. The van der Waals surface area contributed by atoms with E-state index in [1.165, 1.54) is 31.2 Å². The Morgan fingerprint density at radius 3 is 2.26 bits per heavy atom. The Bertz CT molecular complexity index is 1350.